The number of amides is 2. The van der Waals surface area contributed by atoms with Crippen molar-refractivity contribution in [3.8, 4) is 5.75 Å². The van der Waals surface area contributed by atoms with E-state index in [9.17, 15) is 9.59 Å². The van der Waals surface area contributed by atoms with Crippen LogP contribution in [-0.4, -0.2) is 31.1 Å². The van der Waals surface area contributed by atoms with Crippen LogP contribution in [0.1, 0.15) is 41.6 Å². The van der Waals surface area contributed by atoms with Crippen LogP contribution in [0, 0.1) is 17.8 Å². The van der Waals surface area contributed by atoms with Gasteiger partial charge < -0.3 is 20.7 Å². The number of benzene rings is 2. The van der Waals surface area contributed by atoms with Crippen molar-refractivity contribution in [2.45, 2.75) is 37.8 Å². The summed E-state index contributed by atoms with van der Waals surface area (Å²) in [7, 11) is 1.66. The van der Waals surface area contributed by atoms with Crippen LogP contribution in [0.4, 0.5) is 5.69 Å². The SMILES string of the molecule is COc1cccc(CCNC(=O)[C@@H]2C[C@@H]3CC[C@@H]2C[C@@]32NC(=O)c3ccccc3N2)c1. The minimum Gasteiger partial charge on any atom is -0.497 e. The molecular weight excluding hydrogens is 390 g/mol. The van der Waals surface area contributed by atoms with E-state index in [0.717, 1.165) is 49.1 Å². The number of hydrogen-bond acceptors (Lipinski definition) is 4. The van der Waals surface area contributed by atoms with Crippen molar-refractivity contribution in [3.05, 3.63) is 59.7 Å². The molecule has 6 rings (SSSR count). The predicted octanol–water partition coefficient (Wildman–Crippen LogP) is 3.34. The van der Waals surface area contributed by atoms with Crippen LogP contribution >= 0.6 is 0 Å². The van der Waals surface area contributed by atoms with Gasteiger partial charge in [0.1, 0.15) is 11.4 Å². The second-order valence-corrected chi connectivity index (χ2v) is 9.07. The molecule has 1 aliphatic heterocycles. The van der Waals surface area contributed by atoms with Crippen LogP contribution in [0.2, 0.25) is 0 Å². The number of methoxy groups -OCH3 is 1. The van der Waals surface area contributed by atoms with Gasteiger partial charge in [0, 0.05) is 24.1 Å². The Hall–Kier alpha value is -3.02. The van der Waals surface area contributed by atoms with E-state index in [0.29, 0.717) is 12.1 Å². The Morgan fingerprint density at radius 3 is 2.84 bits per heavy atom. The number of fused-ring (bicyclic) bond motifs is 3. The fourth-order valence-corrected chi connectivity index (χ4v) is 5.75. The molecule has 0 unspecified atom stereocenters. The van der Waals surface area contributed by atoms with E-state index in [2.05, 4.69) is 22.0 Å². The predicted molar refractivity (Wildman–Crippen MR) is 119 cm³/mol. The summed E-state index contributed by atoms with van der Waals surface area (Å²) < 4.78 is 5.27. The third-order valence-electron chi connectivity index (χ3n) is 7.32. The molecule has 0 radical (unpaired) electrons. The molecule has 2 bridgehead atoms. The average Bonchev–Trinajstić information content (AvgIpc) is 2.79. The molecule has 31 heavy (non-hydrogen) atoms. The Bertz CT molecular complexity index is 1010. The average molecular weight is 420 g/mol. The Morgan fingerprint density at radius 2 is 2.03 bits per heavy atom. The zero-order valence-corrected chi connectivity index (χ0v) is 17.8. The molecule has 1 spiro atoms. The van der Waals surface area contributed by atoms with Crippen molar-refractivity contribution in [2.24, 2.45) is 17.8 Å². The van der Waals surface area contributed by atoms with E-state index in [1.54, 1.807) is 7.11 Å². The molecule has 3 aliphatic carbocycles. The Labute approximate surface area is 182 Å². The van der Waals surface area contributed by atoms with Crippen molar-refractivity contribution >= 4 is 17.5 Å². The molecule has 4 atom stereocenters. The molecule has 2 aromatic rings. The minimum atomic E-state index is -0.425. The van der Waals surface area contributed by atoms with E-state index in [1.165, 1.54) is 0 Å². The number of anilines is 1. The van der Waals surface area contributed by atoms with Gasteiger partial charge in [0.15, 0.2) is 0 Å². The summed E-state index contributed by atoms with van der Waals surface area (Å²) in [5.41, 5.74) is 2.32. The standard InChI is InChI=1S/C25H29N3O3/c1-31-19-6-4-5-16(13-19)11-12-26-23(29)21-14-18-10-9-17(21)15-25(18)27-22-8-3-2-7-20(22)24(30)28-25/h2-8,13,17-18,21,27H,9-12,14-15H2,1H3,(H,26,29)(H,28,30)/t17-,18+,21-,25-/m1/s1. The molecule has 3 N–H and O–H groups in total. The summed E-state index contributed by atoms with van der Waals surface area (Å²) in [4.78, 5) is 25.7. The molecule has 3 fully saturated rings. The highest BCUT2D eigenvalue weighted by Crippen LogP contribution is 2.51. The first kappa shape index (κ1) is 19.9. The van der Waals surface area contributed by atoms with Gasteiger partial charge >= 0.3 is 0 Å². The summed E-state index contributed by atoms with van der Waals surface area (Å²) >= 11 is 0. The zero-order valence-electron chi connectivity index (χ0n) is 17.8. The number of rotatable bonds is 5. The van der Waals surface area contributed by atoms with Gasteiger partial charge in [-0.3, -0.25) is 9.59 Å². The first-order valence-corrected chi connectivity index (χ1v) is 11.2. The summed E-state index contributed by atoms with van der Waals surface area (Å²) in [6.45, 7) is 0.618. The quantitative estimate of drug-likeness (QED) is 0.695. The van der Waals surface area contributed by atoms with Gasteiger partial charge in [0.25, 0.3) is 5.91 Å². The third-order valence-corrected chi connectivity index (χ3v) is 7.32. The number of carbonyl (C=O) groups excluding carboxylic acids is 2. The molecule has 4 aliphatic rings. The Kier molecular flexibility index (Phi) is 5.08. The number of ether oxygens (including phenoxy) is 1. The Morgan fingerprint density at radius 1 is 1.16 bits per heavy atom. The van der Waals surface area contributed by atoms with Gasteiger partial charge in [-0.05, 0) is 67.9 Å². The van der Waals surface area contributed by atoms with Crippen LogP contribution in [0.15, 0.2) is 48.5 Å². The van der Waals surface area contributed by atoms with Crippen LogP contribution in [-0.2, 0) is 11.2 Å². The molecule has 6 nitrogen and oxygen atoms in total. The molecule has 2 amide bonds. The molecule has 3 saturated carbocycles. The van der Waals surface area contributed by atoms with Gasteiger partial charge in [-0.25, -0.2) is 0 Å². The lowest BCUT2D eigenvalue weighted by molar-refractivity contribution is -0.132. The van der Waals surface area contributed by atoms with Crippen LogP contribution in [0.3, 0.4) is 0 Å². The zero-order chi connectivity index (χ0) is 21.4. The maximum atomic E-state index is 13.0. The topological polar surface area (TPSA) is 79.5 Å². The van der Waals surface area contributed by atoms with E-state index in [-0.39, 0.29) is 29.6 Å². The highest BCUT2D eigenvalue weighted by Gasteiger charge is 2.55. The normalized spacial score (nSPS) is 28.4. The fourth-order valence-electron chi connectivity index (χ4n) is 5.75. The lowest BCUT2D eigenvalue weighted by atomic mass is 9.58. The van der Waals surface area contributed by atoms with Gasteiger partial charge in [-0.15, -0.1) is 0 Å². The van der Waals surface area contributed by atoms with Crippen molar-refractivity contribution in [1.82, 2.24) is 10.6 Å². The first-order valence-electron chi connectivity index (χ1n) is 11.2. The summed E-state index contributed by atoms with van der Waals surface area (Å²) in [6.07, 6.45) is 4.46. The van der Waals surface area contributed by atoms with Crippen LogP contribution in [0.25, 0.3) is 0 Å². The maximum absolute atomic E-state index is 13.0. The molecular formula is C25H29N3O3. The van der Waals surface area contributed by atoms with Crippen molar-refractivity contribution < 1.29 is 14.3 Å². The largest absolute Gasteiger partial charge is 0.497 e. The monoisotopic (exact) mass is 419 g/mol. The molecule has 2 aromatic carbocycles. The van der Waals surface area contributed by atoms with E-state index in [4.69, 9.17) is 4.74 Å². The van der Waals surface area contributed by atoms with E-state index >= 15 is 0 Å². The number of hydrogen-bond donors (Lipinski definition) is 3. The summed E-state index contributed by atoms with van der Waals surface area (Å²) in [5, 5.41) is 10.0. The maximum Gasteiger partial charge on any atom is 0.255 e. The van der Waals surface area contributed by atoms with Crippen molar-refractivity contribution in [1.29, 1.82) is 0 Å². The lowest BCUT2D eigenvalue weighted by Gasteiger charge is -2.56. The second-order valence-electron chi connectivity index (χ2n) is 9.07. The molecule has 0 saturated heterocycles. The van der Waals surface area contributed by atoms with Crippen LogP contribution in [0.5, 0.6) is 5.75 Å². The fraction of sp³-hybridized carbons (Fsp3) is 0.440. The van der Waals surface area contributed by atoms with E-state index in [1.807, 2.05) is 42.5 Å². The third kappa shape index (κ3) is 3.64. The highest BCUT2D eigenvalue weighted by atomic mass is 16.5. The highest BCUT2D eigenvalue weighted by molar-refractivity contribution is 6.02. The number of nitrogens with one attached hydrogen (secondary N) is 3. The first-order chi connectivity index (χ1) is 15.1. The molecule has 6 heteroatoms. The van der Waals surface area contributed by atoms with Crippen LogP contribution < -0.4 is 20.7 Å². The van der Waals surface area contributed by atoms with E-state index < -0.39 is 5.66 Å². The summed E-state index contributed by atoms with van der Waals surface area (Å²) in [5.74, 6) is 1.52. The van der Waals surface area contributed by atoms with Crippen molar-refractivity contribution in [3.63, 3.8) is 0 Å². The summed E-state index contributed by atoms with van der Waals surface area (Å²) in [6, 6.07) is 15.6. The van der Waals surface area contributed by atoms with Gasteiger partial charge in [0.05, 0.1) is 12.7 Å². The van der Waals surface area contributed by atoms with Gasteiger partial charge in [-0.1, -0.05) is 24.3 Å². The van der Waals surface area contributed by atoms with Crippen molar-refractivity contribution in [2.75, 3.05) is 19.0 Å². The molecule has 162 valence electrons. The number of para-hydroxylation sites is 1. The number of carbonyl (C=O) groups is 2. The lowest BCUT2D eigenvalue weighted by Crippen LogP contribution is -2.68. The van der Waals surface area contributed by atoms with Gasteiger partial charge in [0.2, 0.25) is 5.91 Å². The smallest absolute Gasteiger partial charge is 0.255 e. The minimum absolute atomic E-state index is 0.0128. The molecule has 1 heterocycles. The van der Waals surface area contributed by atoms with Gasteiger partial charge in [-0.2, -0.15) is 0 Å². The second kappa shape index (κ2) is 7.91. The molecule has 0 aromatic heterocycles. The Balaban J connectivity index is 1.22.